The number of carbonyl (C=O) groups excluding carboxylic acids is 1. The van der Waals surface area contributed by atoms with Crippen molar-refractivity contribution < 1.29 is 13.2 Å². The molecular weight excluding hydrogens is 424 g/mol. The van der Waals surface area contributed by atoms with E-state index in [2.05, 4.69) is 17.2 Å². The second-order valence-electron chi connectivity index (χ2n) is 8.74. The van der Waals surface area contributed by atoms with E-state index >= 15 is 0 Å². The average molecular weight is 455 g/mol. The number of fused-ring (bicyclic) bond motifs is 1. The molecule has 2 aromatic heterocycles. The minimum Gasteiger partial charge on any atom is -0.347 e. The summed E-state index contributed by atoms with van der Waals surface area (Å²) >= 11 is 0. The van der Waals surface area contributed by atoms with Crippen LogP contribution < -0.4 is 5.32 Å². The van der Waals surface area contributed by atoms with Crippen LogP contribution in [0.3, 0.4) is 0 Å². The number of pyridine rings is 1. The Labute approximate surface area is 189 Å². The number of sulfonamides is 1. The molecule has 1 N–H and O–H groups in total. The third kappa shape index (κ3) is 4.04. The van der Waals surface area contributed by atoms with Crippen molar-refractivity contribution in [3.63, 3.8) is 0 Å². The Bertz CT molecular complexity index is 1270. The summed E-state index contributed by atoms with van der Waals surface area (Å²) in [5.41, 5.74) is 3.85. The lowest BCUT2D eigenvalue weighted by molar-refractivity contribution is 0.0942. The van der Waals surface area contributed by atoms with E-state index in [4.69, 9.17) is 0 Å². The molecule has 0 spiro atoms. The number of aryl methyl sites for hydroxylation is 1. The molecule has 3 heterocycles. The minimum absolute atomic E-state index is 0.213. The van der Waals surface area contributed by atoms with E-state index in [0.717, 1.165) is 34.9 Å². The lowest BCUT2D eigenvalue weighted by Crippen LogP contribution is -2.38. The first-order valence-corrected chi connectivity index (χ1v) is 12.4. The van der Waals surface area contributed by atoms with Gasteiger partial charge in [-0.15, -0.1) is 0 Å². The minimum atomic E-state index is -3.63. The molecule has 8 heteroatoms. The third-order valence-electron chi connectivity index (χ3n) is 6.64. The average Bonchev–Trinajstić information content (AvgIpc) is 3.08. The molecule has 0 bridgehead atoms. The van der Waals surface area contributed by atoms with Gasteiger partial charge in [0.2, 0.25) is 10.0 Å². The smallest absolute Gasteiger partial charge is 0.268 e. The summed E-state index contributed by atoms with van der Waals surface area (Å²) in [5, 5.41) is 3.97. The molecule has 1 aliphatic heterocycles. The van der Waals surface area contributed by atoms with Gasteiger partial charge < -0.3 is 9.88 Å². The maximum atomic E-state index is 13.2. The molecule has 0 saturated carbocycles. The molecule has 1 saturated heterocycles. The Morgan fingerprint density at radius 2 is 1.91 bits per heavy atom. The molecule has 1 aliphatic rings. The fourth-order valence-electron chi connectivity index (χ4n) is 4.33. The van der Waals surface area contributed by atoms with Crippen molar-refractivity contribution in [1.82, 2.24) is 19.2 Å². The summed E-state index contributed by atoms with van der Waals surface area (Å²) in [6.45, 7) is 7.28. The first-order chi connectivity index (χ1) is 15.2. The van der Waals surface area contributed by atoms with Gasteiger partial charge in [-0.2, -0.15) is 4.31 Å². The number of amides is 1. The molecular formula is C24H30N4O3S. The van der Waals surface area contributed by atoms with E-state index in [1.165, 1.54) is 6.07 Å². The van der Waals surface area contributed by atoms with Crippen LogP contribution in [0.25, 0.3) is 10.9 Å². The highest BCUT2D eigenvalue weighted by molar-refractivity contribution is 7.89. The van der Waals surface area contributed by atoms with Gasteiger partial charge in [0.05, 0.1) is 5.52 Å². The summed E-state index contributed by atoms with van der Waals surface area (Å²) in [4.78, 5) is 17.6. The third-order valence-corrected chi connectivity index (χ3v) is 8.65. The molecule has 1 aromatic carbocycles. The quantitative estimate of drug-likeness (QED) is 0.639. The summed E-state index contributed by atoms with van der Waals surface area (Å²) in [6.07, 6.45) is 3.47. The van der Waals surface area contributed by atoms with Crippen LogP contribution >= 0.6 is 0 Å². The van der Waals surface area contributed by atoms with E-state index in [0.29, 0.717) is 36.9 Å². The van der Waals surface area contributed by atoms with Gasteiger partial charge in [0.1, 0.15) is 10.6 Å². The highest BCUT2D eigenvalue weighted by atomic mass is 32.2. The summed E-state index contributed by atoms with van der Waals surface area (Å²) < 4.78 is 29.7. The van der Waals surface area contributed by atoms with Gasteiger partial charge in [-0.3, -0.25) is 9.78 Å². The van der Waals surface area contributed by atoms with Crippen LogP contribution in [0.2, 0.25) is 0 Å². The van der Waals surface area contributed by atoms with Crippen LogP contribution in [-0.2, 0) is 23.6 Å². The Balaban J connectivity index is 1.58. The van der Waals surface area contributed by atoms with Crippen LogP contribution in [-0.4, -0.2) is 41.3 Å². The van der Waals surface area contributed by atoms with E-state index in [1.54, 1.807) is 29.0 Å². The Hall–Kier alpha value is -2.71. The highest BCUT2D eigenvalue weighted by Gasteiger charge is 2.32. The fraction of sp³-hybridized carbons (Fsp3) is 0.417. The maximum Gasteiger partial charge on any atom is 0.268 e. The van der Waals surface area contributed by atoms with E-state index in [1.807, 2.05) is 31.2 Å². The van der Waals surface area contributed by atoms with Crippen molar-refractivity contribution >= 4 is 26.8 Å². The zero-order chi connectivity index (χ0) is 23.0. The second-order valence-corrected chi connectivity index (χ2v) is 10.6. The maximum absolute atomic E-state index is 13.2. The first kappa shape index (κ1) is 22.5. The number of rotatable bonds is 5. The predicted octanol–water partition coefficient (Wildman–Crippen LogP) is 3.54. The Kier molecular flexibility index (Phi) is 6.09. The van der Waals surface area contributed by atoms with Gasteiger partial charge >= 0.3 is 0 Å². The van der Waals surface area contributed by atoms with Crippen LogP contribution in [0.1, 0.15) is 47.1 Å². The number of carbonyl (C=O) groups is 1. The Morgan fingerprint density at radius 1 is 1.19 bits per heavy atom. The molecule has 0 radical (unpaired) electrons. The van der Waals surface area contributed by atoms with Crippen molar-refractivity contribution in [3.05, 3.63) is 59.0 Å². The lowest BCUT2D eigenvalue weighted by atomic mass is 10.0. The van der Waals surface area contributed by atoms with Gasteiger partial charge in [0.15, 0.2) is 0 Å². The second kappa shape index (κ2) is 8.67. The molecule has 0 atom stereocenters. The zero-order valence-corrected chi connectivity index (χ0v) is 19.9. The summed E-state index contributed by atoms with van der Waals surface area (Å²) in [7, 11) is -1.90. The topological polar surface area (TPSA) is 84.3 Å². The van der Waals surface area contributed by atoms with Gasteiger partial charge in [-0.25, -0.2) is 8.42 Å². The van der Waals surface area contributed by atoms with Crippen LogP contribution in [0.5, 0.6) is 0 Å². The van der Waals surface area contributed by atoms with E-state index < -0.39 is 10.0 Å². The predicted molar refractivity (Wildman–Crippen MR) is 125 cm³/mol. The fourth-order valence-corrected chi connectivity index (χ4v) is 6.07. The van der Waals surface area contributed by atoms with Crippen molar-refractivity contribution in [3.8, 4) is 0 Å². The number of aromatic nitrogens is 2. The SMILES string of the molecule is Cc1ccc2ncccc2c1CNC(=O)c1cc(S(=O)(=O)N2CCC(C)CC2)c(C)n1C. The van der Waals surface area contributed by atoms with Gasteiger partial charge in [-0.1, -0.05) is 19.1 Å². The number of benzene rings is 1. The standard InChI is InChI=1S/C24H30N4O3S/c1-16-9-12-28(13-10-16)32(30,31)23-14-22(27(4)18(23)3)24(29)26-15-20-17(2)7-8-21-19(20)6-5-11-25-21/h5-8,11,14,16H,9-10,12-13,15H2,1-4H3,(H,26,29). The number of nitrogens with one attached hydrogen (secondary N) is 1. The van der Waals surface area contributed by atoms with Crippen molar-refractivity contribution in [2.45, 2.75) is 45.1 Å². The molecule has 0 unspecified atom stereocenters. The molecule has 1 amide bonds. The molecule has 3 aromatic rings. The van der Waals surface area contributed by atoms with Crippen molar-refractivity contribution in [1.29, 1.82) is 0 Å². The number of piperidine rings is 1. The van der Waals surface area contributed by atoms with Crippen molar-refractivity contribution in [2.75, 3.05) is 13.1 Å². The van der Waals surface area contributed by atoms with Gasteiger partial charge in [0, 0.05) is 44.0 Å². The van der Waals surface area contributed by atoms with Crippen molar-refractivity contribution in [2.24, 2.45) is 13.0 Å². The molecule has 32 heavy (non-hydrogen) atoms. The van der Waals surface area contributed by atoms with Crippen LogP contribution in [0.4, 0.5) is 0 Å². The molecule has 7 nitrogen and oxygen atoms in total. The van der Waals surface area contributed by atoms with Crippen LogP contribution in [0, 0.1) is 19.8 Å². The Morgan fingerprint density at radius 3 is 2.62 bits per heavy atom. The first-order valence-electron chi connectivity index (χ1n) is 11.0. The van der Waals surface area contributed by atoms with Gasteiger partial charge in [-0.05, 0) is 61.9 Å². The largest absolute Gasteiger partial charge is 0.347 e. The molecule has 4 rings (SSSR count). The van der Waals surface area contributed by atoms with Gasteiger partial charge in [0.25, 0.3) is 5.91 Å². The number of hydrogen-bond acceptors (Lipinski definition) is 4. The van der Waals surface area contributed by atoms with Crippen LogP contribution in [0.15, 0.2) is 41.4 Å². The zero-order valence-electron chi connectivity index (χ0n) is 19.1. The molecule has 0 aliphatic carbocycles. The van der Waals surface area contributed by atoms with E-state index in [-0.39, 0.29) is 10.8 Å². The summed E-state index contributed by atoms with van der Waals surface area (Å²) in [6, 6.07) is 9.35. The lowest BCUT2D eigenvalue weighted by Gasteiger charge is -2.29. The number of nitrogens with zero attached hydrogens (tertiary/aromatic N) is 3. The molecule has 1 fully saturated rings. The van der Waals surface area contributed by atoms with E-state index in [9.17, 15) is 13.2 Å². The highest BCUT2D eigenvalue weighted by Crippen LogP contribution is 2.27. The normalized spacial score (nSPS) is 15.9. The summed E-state index contributed by atoms with van der Waals surface area (Å²) in [5.74, 6) is 0.233. The molecule has 170 valence electrons. The number of hydrogen-bond donors (Lipinski definition) is 1. The monoisotopic (exact) mass is 454 g/mol.